The summed E-state index contributed by atoms with van der Waals surface area (Å²) in [4.78, 5) is 10.1. The van der Waals surface area contributed by atoms with E-state index in [9.17, 15) is 0 Å². The molecular formula is C20H20N4O2S. The van der Waals surface area contributed by atoms with Gasteiger partial charge in [0.25, 0.3) is 0 Å². The van der Waals surface area contributed by atoms with E-state index in [0.29, 0.717) is 0 Å². The van der Waals surface area contributed by atoms with Gasteiger partial charge in [-0.15, -0.1) is 11.3 Å². The van der Waals surface area contributed by atoms with Crippen molar-refractivity contribution in [2.75, 3.05) is 26.1 Å². The molecule has 0 fully saturated rings. The van der Waals surface area contributed by atoms with Crippen LogP contribution in [0.4, 0.5) is 5.82 Å². The van der Waals surface area contributed by atoms with E-state index in [-0.39, 0.29) is 0 Å². The Morgan fingerprint density at radius 3 is 2.81 bits per heavy atom. The SMILES string of the molecule is COc1ccc(CCNc2c(-c3cccs3)nc3cnccn23)cc1OC. The molecule has 1 aromatic carbocycles. The quantitative estimate of drug-likeness (QED) is 0.522. The molecule has 0 spiro atoms. The van der Waals surface area contributed by atoms with E-state index >= 15 is 0 Å². The van der Waals surface area contributed by atoms with Crippen LogP contribution in [-0.2, 0) is 6.42 Å². The minimum atomic E-state index is 0.739. The summed E-state index contributed by atoms with van der Waals surface area (Å²) < 4.78 is 12.7. The molecule has 0 amide bonds. The number of benzene rings is 1. The number of ether oxygens (including phenoxy) is 2. The Hall–Kier alpha value is -3.06. The van der Waals surface area contributed by atoms with Gasteiger partial charge in [0.15, 0.2) is 17.1 Å². The largest absolute Gasteiger partial charge is 0.493 e. The highest BCUT2D eigenvalue weighted by molar-refractivity contribution is 7.13. The van der Waals surface area contributed by atoms with Crippen molar-refractivity contribution >= 4 is 22.8 Å². The predicted molar refractivity (Wildman–Crippen MR) is 108 cm³/mol. The summed E-state index contributed by atoms with van der Waals surface area (Å²) in [5.74, 6) is 2.47. The van der Waals surface area contributed by atoms with Gasteiger partial charge in [0, 0.05) is 18.9 Å². The third kappa shape index (κ3) is 3.46. The van der Waals surface area contributed by atoms with Gasteiger partial charge in [-0.2, -0.15) is 0 Å². The van der Waals surface area contributed by atoms with Crippen molar-refractivity contribution < 1.29 is 9.47 Å². The van der Waals surface area contributed by atoms with Crippen LogP contribution in [0, 0.1) is 0 Å². The number of hydrogen-bond donors (Lipinski definition) is 1. The van der Waals surface area contributed by atoms with Crippen molar-refractivity contribution in [2.24, 2.45) is 0 Å². The predicted octanol–water partition coefficient (Wildman–Crippen LogP) is 4.13. The third-order valence-corrected chi connectivity index (χ3v) is 5.22. The van der Waals surface area contributed by atoms with E-state index in [2.05, 4.69) is 27.8 Å². The van der Waals surface area contributed by atoms with Crippen LogP contribution >= 0.6 is 11.3 Å². The minimum absolute atomic E-state index is 0.739. The smallest absolute Gasteiger partial charge is 0.160 e. The molecule has 0 bridgehead atoms. The maximum atomic E-state index is 5.39. The van der Waals surface area contributed by atoms with Crippen molar-refractivity contribution in [1.29, 1.82) is 0 Å². The van der Waals surface area contributed by atoms with Gasteiger partial charge in [-0.05, 0) is 35.6 Å². The van der Waals surface area contributed by atoms with Gasteiger partial charge in [-0.1, -0.05) is 12.1 Å². The molecule has 138 valence electrons. The van der Waals surface area contributed by atoms with Gasteiger partial charge in [0.1, 0.15) is 11.5 Å². The number of fused-ring (bicyclic) bond motifs is 1. The van der Waals surface area contributed by atoms with Crippen LogP contribution in [0.5, 0.6) is 11.5 Å². The fraction of sp³-hybridized carbons (Fsp3) is 0.200. The van der Waals surface area contributed by atoms with Crippen LogP contribution < -0.4 is 14.8 Å². The second-order valence-electron chi connectivity index (χ2n) is 5.96. The highest BCUT2D eigenvalue weighted by Crippen LogP contribution is 2.32. The second kappa shape index (κ2) is 7.67. The zero-order valence-electron chi connectivity index (χ0n) is 15.2. The Balaban J connectivity index is 1.56. The number of thiophene rings is 1. The minimum Gasteiger partial charge on any atom is -0.493 e. The molecule has 1 N–H and O–H groups in total. The van der Waals surface area contributed by atoms with Crippen LogP contribution in [0.1, 0.15) is 5.56 Å². The molecule has 0 atom stereocenters. The Bertz CT molecular complexity index is 1040. The molecule has 0 radical (unpaired) electrons. The average Bonchev–Trinajstić information content (AvgIpc) is 3.36. The van der Waals surface area contributed by atoms with Crippen molar-refractivity contribution in [3.8, 4) is 22.1 Å². The van der Waals surface area contributed by atoms with Gasteiger partial charge in [-0.25, -0.2) is 4.98 Å². The lowest BCUT2D eigenvalue weighted by molar-refractivity contribution is 0.354. The summed E-state index contributed by atoms with van der Waals surface area (Å²) in [5.41, 5.74) is 2.95. The third-order valence-electron chi connectivity index (χ3n) is 4.34. The van der Waals surface area contributed by atoms with Gasteiger partial charge in [-0.3, -0.25) is 9.38 Å². The van der Waals surface area contributed by atoms with E-state index in [0.717, 1.165) is 46.5 Å². The number of hydrogen-bond acceptors (Lipinski definition) is 6. The van der Waals surface area contributed by atoms with Crippen LogP contribution in [0.25, 0.3) is 16.2 Å². The molecule has 0 unspecified atom stereocenters. The molecule has 4 aromatic rings. The van der Waals surface area contributed by atoms with Crippen molar-refractivity contribution in [3.05, 3.63) is 59.9 Å². The molecule has 6 nitrogen and oxygen atoms in total. The Morgan fingerprint density at radius 1 is 1.15 bits per heavy atom. The first-order valence-electron chi connectivity index (χ1n) is 8.61. The highest BCUT2D eigenvalue weighted by Gasteiger charge is 2.14. The molecule has 3 heterocycles. The van der Waals surface area contributed by atoms with Gasteiger partial charge >= 0.3 is 0 Å². The Morgan fingerprint density at radius 2 is 2.04 bits per heavy atom. The Kier molecular flexibility index (Phi) is 4.93. The molecule has 0 saturated carbocycles. The number of rotatable bonds is 7. The lowest BCUT2D eigenvalue weighted by Crippen LogP contribution is -2.08. The fourth-order valence-corrected chi connectivity index (χ4v) is 3.74. The first-order chi connectivity index (χ1) is 13.3. The van der Waals surface area contributed by atoms with Crippen LogP contribution in [-0.4, -0.2) is 35.1 Å². The Labute approximate surface area is 161 Å². The first kappa shape index (κ1) is 17.4. The molecule has 0 saturated heterocycles. The monoisotopic (exact) mass is 380 g/mol. The normalized spacial score (nSPS) is 10.9. The average molecular weight is 380 g/mol. The van der Waals surface area contributed by atoms with E-state index in [1.807, 2.05) is 28.8 Å². The molecule has 3 aromatic heterocycles. The molecule has 4 rings (SSSR count). The molecule has 7 heteroatoms. The van der Waals surface area contributed by atoms with Crippen LogP contribution in [0.15, 0.2) is 54.3 Å². The summed E-state index contributed by atoms with van der Waals surface area (Å²) in [6.07, 6.45) is 6.32. The molecule has 0 aliphatic rings. The zero-order valence-corrected chi connectivity index (χ0v) is 16.0. The lowest BCUT2D eigenvalue weighted by Gasteiger charge is -2.11. The summed E-state index contributed by atoms with van der Waals surface area (Å²) in [6, 6.07) is 10.1. The molecule has 0 aliphatic heterocycles. The maximum Gasteiger partial charge on any atom is 0.160 e. The standard InChI is InChI=1S/C20H20N4O2S/c1-25-15-6-5-14(12-16(15)26-2)7-8-22-20-19(17-4-3-11-27-17)23-18-13-21-9-10-24(18)20/h3-6,9-13,22H,7-8H2,1-2H3. The topological polar surface area (TPSA) is 60.7 Å². The molecule has 0 aliphatic carbocycles. The van der Waals surface area contributed by atoms with Gasteiger partial charge in [0.2, 0.25) is 0 Å². The summed E-state index contributed by atoms with van der Waals surface area (Å²) in [7, 11) is 3.30. The second-order valence-corrected chi connectivity index (χ2v) is 6.90. The zero-order chi connectivity index (χ0) is 18.6. The van der Waals surface area contributed by atoms with Crippen LogP contribution in [0.2, 0.25) is 0 Å². The van der Waals surface area contributed by atoms with Crippen molar-refractivity contribution in [3.63, 3.8) is 0 Å². The fourth-order valence-electron chi connectivity index (χ4n) is 3.02. The summed E-state index contributed by atoms with van der Waals surface area (Å²) >= 11 is 1.68. The van der Waals surface area contributed by atoms with E-state index in [4.69, 9.17) is 14.5 Å². The van der Waals surface area contributed by atoms with Crippen LogP contribution in [0.3, 0.4) is 0 Å². The number of aromatic nitrogens is 3. The number of anilines is 1. The maximum absolute atomic E-state index is 5.39. The summed E-state index contributed by atoms with van der Waals surface area (Å²) in [5, 5.41) is 5.61. The van der Waals surface area contributed by atoms with Crippen molar-refractivity contribution in [1.82, 2.24) is 14.4 Å². The number of nitrogens with one attached hydrogen (secondary N) is 1. The first-order valence-corrected chi connectivity index (χ1v) is 9.49. The van der Waals surface area contributed by atoms with Gasteiger partial charge < -0.3 is 14.8 Å². The molecular weight excluding hydrogens is 360 g/mol. The van der Waals surface area contributed by atoms with Gasteiger partial charge in [0.05, 0.1) is 25.3 Å². The summed E-state index contributed by atoms with van der Waals surface area (Å²) in [6.45, 7) is 0.768. The highest BCUT2D eigenvalue weighted by atomic mass is 32.1. The van der Waals surface area contributed by atoms with E-state index in [1.54, 1.807) is 38.0 Å². The van der Waals surface area contributed by atoms with E-state index in [1.165, 1.54) is 5.56 Å². The van der Waals surface area contributed by atoms with Crippen molar-refractivity contribution in [2.45, 2.75) is 6.42 Å². The molecule has 27 heavy (non-hydrogen) atoms. The number of methoxy groups -OCH3 is 2. The number of imidazole rings is 1. The lowest BCUT2D eigenvalue weighted by atomic mass is 10.1. The number of nitrogens with zero attached hydrogens (tertiary/aromatic N) is 3. The van der Waals surface area contributed by atoms with E-state index < -0.39 is 0 Å².